The standard InChI is InChI=1S/C24H32N2O4S/c1-19(2)22-9-5-20(6-10-22)4-3-13-25-24(27)23-11-7-21(8-12-23)18-31(28,29)26-14-16-30-17-15-26/h5-12,19H,3-4,13-18H2,1-2H3,(H,25,27). The Labute approximate surface area is 185 Å². The van der Waals surface area contributed by atoms with Crippen LogP contribution in [-0.2, 0) is 26.9 Å². The van der Waals surface area contributed by atoms with E-state index in [0.29, 0.717) is 49.9 Å². The maximum atomic E-state index is 12.5. The smallest absolute Gasteiger partial charge is 0.251 e. The number of hydrogen-bond acceptors (Lipinski definition) is 4. The second-order valence-electron chi connectivity index (χ2n) is 8.22. The fourth-order valence-electron chi connectivity index (χ4n) is 3.54. The first-order chi connectivity index (χ1) is 14.8. The molecule has 6 nitrogen and oxygen atoms in total. The van der Waals surface area contributed by atoms with E-state index in [2.05, 4.69) is 43.4 Å². The molecule has 3 rings (SSSR count). The Morgan fingerprint density at radius 2 is 1.61 bits per heavy atom. The van der Waals surface area contributed by atoms with Crippen molar-refractivity contribution >= 4 is 15.9 Å². The number of nitrogens with zero attached hydrogens (tertiary/aromatic N) is 1. The number of aryl methyl sites for hydroxylation is 1. The summed E-state index contributed by atoms with van der Waals surface area (Å²) in [5.41, 5.74) is 3.81. The number of morpholine rings is 1. The van der Waals surface area contributed by atoms with E-state index in [4.69, 9.17) is 4.74 Å². The molecule has 1 aliphatic rings. The lowest BCUT2D eigenvalue weighted by Crippen LogP contribution is -2.41. The molecule has 0 unspecified atom stereocenters. The van der Waals surface area contributed by atoms with Gasteiger partial charge in [-0.2, -0.15) is 4.31 Å². The van der Waals surface area contributed by atoms with Crippen LogP contribution in [0.15, 0.2) is 48.5 Å². The molecule has 0 saturated carbocycles. The molecule has 1 N–H and O–H groups in total. The largest absolute Gasteiger partial charge is 0.379 e. The number of benzene rings is 2. The summed E-state index contributed by atoms with van der Waals surface area (Å²) in [6, 6.07) is 15.4. The van der Waals surface area contributed by atoms with E-state index in [1.807, 2.05) is 0 Å². The first-order valence-corrected chi connectivity index (χ1v) is 12.5. The monoisotopic (exact) mass is 444 g/mol. The van der Waals surface area contributed by atoms with Crippen LogP contribution in [0, 0.1) is 0 Å². The SMILES string of the molecule is CC(C)c1ccc(CCCNC(=O)c2ccc(CS(=O)(=O)N3CCOCC3)cc2)cc1. The van der Waals surface area contributed by atoms with Gasteiger partial charge in [-0.1, -0.05) is 50.2 Å². The van der Waals surface area contributed by atoms with Crippen LogP contribution in [0.3, 0.4) is 0 Å². The van der Waals surface area contributed by atoms with E-state index in [1.165, 1.54) is 15.4 Å². The molecule has 1 saturated heterocycles. The minimum atomic E-state index is -3.37. The second kappa shape index (κ2) is 10.9. The van der Waals surface area contributed by atoms with E-state index < -0.39 is 10.0 Å². The Morgan fingerprint density at radius 3 is 2.23 bits per heavy atom. The molecule has 31 heavy (non-hydrogen) atoms. The van der Waals surface area contributed by atoms with Crippen LogP contribution in [-0.4, -0.2) is 51.5 Å². The number of sulfonamides is 1. The van der Waals surface area contributed by atoms with E-state index in [0.717, 1.165) is 12.8 Å². The summed E-state index contributed by atoms with van der Waals surface area (Å²) in [6.45, 7) is 6.61. The summed E-state index contributed by atoms with van der Waals surface area (Å²) < 4.78 is 31.7. The normalized spacial score (nSPS) is 15.2. The van der Waals surface area contributed by atoms with Gasteiger partial charge in [-0.3, -0.25) is 4.79 Å². The van der Waals surface area contributed by atoms with Gasteiger partial charge < -0.3 is 10.1 Å². The molecule has 0 radical (unpaired) electrons. The van der Waals surface area contributed by atoms with Gasteiger partial charge in [-0.25, -0.2) is 8.42 Å². The second-order valence-corrected chi connectivity index (χ2v) is 10.2. The van der Waals surface area contributed by atoms with Crippen molar-refractivity contribution in [3.63, 3.8) is 0 Å². The van der Waals surface area contributed by atoms with Crippen molar-refractivity contribution in [3.8, 4) is 0 Å². The maximum Gasteiger partial charge on any atom is 0.251 e. The van der Waals surface area contributed by atoms with Crippen LogP contribution in [0.4, 0.5) is 0 Å². The summed E-state index contributed by atoms with van der Waals surface area (Å²) in [7, 11) is -3.37. The van der Waals surface area contributed by atoms with E-state index in [-0.39, 0.29) is 11.7 Å². The third-order valence-electron chi connectivity index (χ3n) is 5.50. The molecule has 1 amide bonds. The van der Waals surface area contributed by atoms with E-state index in [9.17, 15) is 13.2 Å². The molecule has 1 aliphatic heterocycles. The highest BCUT2D eigenvalue weighted by atomic mass is 32.2. The van der Waals surface area contributed by atoms with Crippen LogP contribution in [0.2, 0.25) is 0 Å². The fraction of sp³-hybridized carbons (Fsp3) is 0.458. The van der Waals surface area contributed by atoms with Gasteiger partial charge in [0.1, 0.15) is 0 Å². The van der Waals surface area contributed by atoms with Crippen LogP contribution in [0.5, 0.6) is 0 Å². The summed E-state index contributed by atoms with van der Waals surface area (Å²) in [5.74, 6) is 0.321. The van der Waals surface area contributed by atoms with Gasteiger partial charge in [0.2, 0.25) is 10.0 Å². The molecule has 2 aromatic rings. The fourth-order valence-corrected chi connectivity index (χ4v) is 5.05. The van der Waals surface area contributed by atoms with Gasteiger partial charge in [0.15, 0.2) is 0 Å². The molecule has 0 bridgehead atoms. The molecular formula is C24H32N2O4S. The molecule has 0 spiro atoms. The lowest BCUT2D eigenvalue weighted by molar-refractivity contribution is 0.0729. The predicted octanol–water partition coefficient (Wildman–Crippen LogP) is 3.33. The van der Waals surface area contributed by atoms with Crippen molar-refractivity contribution in [1.29, 1.82) is 0 Å². The lowest BCUT2D eigenvalue weighted by atomic mass is 10.0. The highest BCUT2D eigenvalue weighted by Gasteiger charge is 2.24. The van der Waals surface area contributed by atoms with Gasteiger partial charge in [-0.15, -0.1) is 0 Å². The Hall–Kier alpha value is -2.22. The summed E-state index contributed by atoms with van der Waals surface area (Å²) in [6.07, 6.45) is 1.78. The quantitative estimate of drug-likeness (QED) is 0.602. The minimum absolute atomic E-state index is 0.0650. The first-order valence-electron chi connectivity index (χ1n) is 10.9. The predicted molar refractivity (Wildman–Crippen MR) is 123 cm³/mol. The van der Waals surface area contributed by atoms with Gasteiger partial charge in [0.25, 0.3) is 5.91 Å². The van der Waals surface area contributed by atoms with Gasteiger partial charge >= 0.3 is 0 Å². The van der Waals surface area contributed by atoms with Gasteiger partial charge in [0.05, 0.1) is 19.0 Å². The lowest BCUT2D eigenvalue weighted by Gasteiger charge is -2.26. The average molecular weight is 445 g/mol. The molecule has 168 valence electrons. The zero-order valence-electron chi connectivity index (χ0n) is 18.3. The molecule has 1 heterocycles. The summed E-state index contributed by atoms with van der Waals surface area (Å²) >= 11 is 0. The van der Waals surface area contributed by atoms with Crippen LogP contribution >= 0.6 is 0 Å². The van der Waals surface area contributed by atoms with Crippen molar-refractivity contribution in [2.24, 2.45) is 0 Å². The number of carbonyl (C=O) groups is 1. The Morgan fingerprint density at radius 1 is 1.00 bits per heavy atom. The van der Waals surface area contributed by atoms with Crippen LogP contribution in [0.1, 0.15) is 53.2 Å². The summed E-state index contributed by atoms with van der Waals surface area (Å²) in [5, 5.41) is 2.94. The van der Waals surface area contributed by atoms with Crippen molar-refractivity contribution in [3.05, 3.63) is 70.8 Å². The van der Waals surface area contributed by atoms with E-state index in [1.54, 1.807) is 24.3 Å². The van der Waals surface area contributed by atoms with Crippen LogP contribution < -0.4 is 5.32 Å². The Bertz CT molecular complexity index is 948. The number of amides is 1. The highest BCUT2D eigenvalue weighted by molar-refractivity contribution is 7.88. The average Bonchev–Trinajstić information content (AvgIpc) is 2.78. The minimum Gasteiger partial charge on any atom is -0.379 e. The third kappa shape index (κ3) is 6.89. The number of carbonyl (C=O) groups excluding carboxylic acids is 1. The highest BCUT2D eigenvalue weighted by Crippen LogP contribution is 2.16. The first kappa shape index (κ1) is 23.4. The summed E-state index contributed by atoms with van der Waals surface area (Å²) in [4.78, 5) is 12.4. The molecule has 0 aliphatic carbocycles. The maximum absolute atomic E-state index is 12.5. The molecule has 2 aromatic carbocycles. The van der Waals surface area contributed by atoms with Crippen molar-refractivity contribution in [2.45, 2.75) is 38.4 Å². The molecule has 7 heteroatoms. The van der Waals surface area contributed by atoms with Gasteiger partial charge in [-0.05, 0) is 47.6 Å². The number of rotatable bonds is 9. The van der Waals surface area contributed by atoms with Crippen LogP contribution in [0.25, 0.3) is 0 Å². The Kier molecular flexibility index (Phi) is 8.23. The van der Waals surface area contributed by atoms with Crippen molar-refractivity contribution < 1.29 is 17.9 Å². The third-order valence-corrected chi connectivity index (χ3v) is 7.35. The zero-order chi connectivity index (χ0) is 22.3. The number of nitrogens with one attached hydrogen (secondary N) is 1. The van der Waals surface area contributed by atoms with Gasteiger partial charge in [0, 0.05) is 25.2 Å². The molecule has 0 atom stereocenters. The van der Waals surface area contributed by atoms with E-state index >= 15 is 0 Å². The van der Waals surface area contributed by atoms with Crippen molar-refractivity contribution in [2.75, 3.05) is 32.8 Å². The number of ether oxygens (including phenoxy) is 1. The number of hydrogen-bond donors (Lipinski definition) is 1. The molecule has 1 fully saturated rings. The molecule has 0 aromatic heterocycles. The topological polar surface area (TPSA) is 75.7 Å². The Balaban J connectivity index is 1.44. The molecular weight excluding hydrogens is 412 g/mol. The zero-order valence-corrected chi connectivity index (χ0v) is 19.2. The van der Waals surface area contributed by atoms with Crippen molar-refractivity contribution in [1.82, 2.24) is 9.62 Å².